The normalized spacial score (nSPS) is 21.5. The van der Waals surface area contributed by atoms with Crippen molar-refractivity contribution in [2.45, 2.75) is 0 Å². The molecule has 0 unspecified atom stereocenters. The number of ether oxygens (including phenoxy) is 2. The van der Waals surface area contributed by atoms with Gasteiger partial charge in [0.05, 0.1) is 30.2 Å². The lowest BCUT2D eigenvalue weighted by atomic mass is 9.78. The maximum absolute atomic E-state index is 5.30. The van der Waals surface area contributed by atoms with Gasteiger partial charge in [-0.05, 0) is 28.1 Å². The van der Waals surface area contributed by atoms with Gasteiger partial charge < -0.3 is 14.4 Å². The summed E-state index contributed by atoms with van der Waals surface area (Å²) in [5, 5.41) is 0. The van der Waals surface area contributed by atoms with Crippen molar-refractivity contribution in [1.29, 1.82) is 0 Å². The molecular weight excluding hydrogens is 270 g/mol. The quantitative estimate of drug-likeness (QED) is 0.831. The van der Waals surface area contributed by atoms with Gasteiger partial charge in [0.2, 0.25) is 0 Å². The Hall–Kier alpha value is -0.740. The molecule has 2 aliphatic rings. The van der Waals surface area contributed by atoms with E-state index in [9.17, 15) is 0 Å². The monoisotopic (exact) mass is 283 g/mol. The third kappa shape index (κ3) is 1.52. The van der Waals surface area contributed by atoms with E-state index in [2.05, 4.69) is 33.0 Å². The molecule has 0 aliphatic carbocycles. The van der Waals surface area contributed by atoms with E-state index in [4.69, 9.17) is 9.47 Å². The summed E-state index contributed by atoms with van der Waals surface area (Å²) >= 11 is 3.46. The molecule has 0 aromatic heterocycles. The van der Waals surface area contributed by atoms with Gasteiger partial charge in [0.1, 0.15) is 5.75 Å². The molecule has 1 aromatic rings. The standard InChI is InChI=1S/C12H14BrNO2/c1-15-11-4-9(2-3-10(11)13)14-5-12(6-14)7-16-8-12/h2-4H,5-8H2,1H3. The number of nitrogens with zero attached hydrogens (tertiary/aromatic N) is 1. The Kier molecular flexibility index (Phi) is 2.37. The number of rotatable bonds is 2. The second-order valence-corrected chi connectivity index (χ2v) is 5.52. The minimum absolute atomic E-state index is 0.459. The summed E-state index contributed by atoms with van der Waals surface area (Å²) in [6.45, 7) is 4.07. The van der Waals surface area contributed by atoms with E-state index in [0.717, 1.165) is 36.5 Å². The Morgan fingerprint density at radius 2 is 2.12 bits per heavy atom. The molecule has 0 atom stereocenters. The smallest absolute Gasteiger partial charge is 0.135 e. The molecule has 16 heavy (non-hydrogen) atoms. The van der Waals surface area contributed by atoms with Crippen LogP contribution in [0.15, 0.2) is 22.7 Å². The molecule has 2 saturated heterocycles. The van der Waals surface area contributed by atoms with E-state index in [1.165, 1.54) is 5.69 Å². The number of benzene rings is 1. The molecule has 0 N–H and O–H groups in total. The van der Waals surface area contributed by atoms with E-state index >= 15 is 0 Å². The van der Waals surface area contributed by atoms with Gasteiger partial charge in [-0.15, -0.1) is 0 Å². The molecule has 3 rings (SSSR count). The van der Waals surface area contributed by atoms with Gasteiger partial charge in [-0.25, -0.2) is 0 Å². The Labute approximate surface area is 103 Å². The highest BCUT2D eigenvalue weighted by Crippen LogP contribution is 2.41. The van der Waals surface area contributed by atoms with E-state index < -0.39 is 0 Å². The lowest BCUT2D eigenvalue weighted by Gasteiger charge is -2.56. The van der Waals surface area contributed by atoms with Crippen molar-refractivity contribution in [3.05, 3.63) is 22.7 Å². The average molecular weight is 284 g/mol. The van der Waals surface area contributed by atoms with Crippen molar-refractivity contribution >= 4 is 21.6 Å². The highest BCUT2D eigenvalue weighted by Gasteiger charge is 2.49. The van der Waals surface area contributed by atoms with Gasteiger partial charge >= 0.3 is 0 Å². The van der Waals surface area contributed by atoms with Gasteiger partial charge in [0.25, 0.3) is 0 Å². The number of hydrogen-bond acceptors (Lipinski definition) is 3. The summed E-state index contributed by atoms with van der Waals surface area (Å²) in [5.41, 5.74) is 1.69. The number of hydrogen-bond donors (Lipinski definition) is 0. The SMILES string of the molecule is COc1cc(N2CC3(COC3)C2)ccc1Br. The zero-order valence-corrected chi connectivity index (χ0v) is 10.8. The summed E-state index contributed by atoms with van der Waals surface area (Å²) in [6, 6.07) is 6.24. The zero-order chi connectivity index (χ0) is 11.2. The fourth-order valence-corrected chi connectivity index (χ4v) is 2.77. The van der Waals surface area contributed by atoms with Crippen LogP contribution in [0.2, 0.25) is 0 Å². The molecule has 4 heteroatoms. The van der Waals surface area contributed by atoms with Crippen LogP contribution in [-0.4, -0.2) is 33.4 Å². The van der Waals surface area contributed by atoms with Crippen LogP contribution in [0.1, 0.15) is 0 Å². The first-order valence-electron chi connectivity index (χ1n) is 5.39. The molecule has 0 radical (unpaired) electrons. The second kappa shape index (κ2) is 3.64. The molecule has 2 fully saturated rings. The van der Waals surface area contributed by atoms with Crippen molar-refractivity contribution in [3.63, 3.8) is 0 Å². The number of halogens is 1. The summed E-state index contributed by atoms with van der Waals surface area (Å²) in [6.07, 6.45) is 0. The van der Waals surface area contributed by atoms with Gasteiger partial charge in [-0.3, -0.25) is 0 Å². The lowest BCUT2D eigenvalue weighted by Crippen LogP contribution is -2.66. The molecule has 0 bridgehead atoms. The van der Waals surface area contributed by atoms with Crippen molar-refractivity contribution in [2.24, 2.45) is 5.41 Å². The molecule has 1 aromatic carbocycles. The Balaban J connectivity index is 1.75. The predicted molar refractivity (Wildman–Crippen MR) is 66.2 cm³/mol. The van der Waals surface area contributed by atoms with Crippen molar-refractivity contribution in [1.82, 2.24) is 0 Å². The maximum atomic E-state index is 5.30. The fourth-order valence-electron chi connectivity index (χ4n) is 2.36. The first-order valence-corrected chi connectivity index (χ1v) is 6.18. The largest absolute Gasteiger partial charge is 0.495 e. The van der Waals surface area contributed by atoms with Crippen LogP contribution in [0, 0.1) is 5.41 Å². The van der Waals surface area contributed by atoms with Crippen molar-refractivity contribution in [3.8, 4) is 5.75 Å². The molecular formula is C12H14BrNO2. The van der Waals surface area contributed by atoms with Gasteiger partial charge in [-0.1, -0.05) is 0 Å². The van der Waals surface area contributed by atoms with Crippen LogP contribution in [-0.2, 0) is 4.74 Å². The Morgan fingerprint density at radius 3 is 2.69 bits per heavy atom. The van der Waals surface area contributed by atoms with Gasteiger partial charge in [0.15, 0.2) is 0 Å². The summed E-state index contributed by atoms with van der Waals surface area (Å²) in [4.78, 5) is 2.37. The zero-order valence-electron chi connectivity index (χ0n) is 9.20. The number of anilines is 1. The fraction of sp³-hybridized carbons (Fsp3) is 0.500. The summed E-state index contributed by atoms with van der Waals surface area (Å²) in [5.74, 6) is 0.892. The summed E-state index contributed by atoms with van der Waals surface area (Å²) in [7, 11) is 1.70. The predicted octanol–water partition coefficient (Wildman–Crippen LogP) is 2.29. The number of methoxy groups -OCH3 is 1. The van der Waals surface area contributed by atoms with Gasteiger partial charge in [-0.2, -0.15) is 0 Å². The van der Waals surface area contributed by atoms with Crippen LogP contribution in [0.4, 0.5) is 5.69 Å². The Morgan fingerprint density at radius 1 is 1.38 bits per heavy atom. The molecule has 1 spiro atoms. The van der Waals surface area contributed by atoms with Crippen LogP contribution < -0.4 is 9.64 Å². The van der Waals surface area contributed by atoms with Crippen LogP contribution >= 0.6 is 15.9 Å². The lowest BCUT2D eigenvalue weighted by molar-refractivity contribution is -0.127. The average Bonchev–Trinajstić information content (AvgIpc) is 2.16. The molecule has 2 aliphatic heterocycles. The molecule has 0 amide bonds. The Bertz CT molecular complexity index is 409. The van der Waals surface area contributed by atoms with E-state index in [1.54, 1.807) is 7.11 Å². The second-order valence-electron chi connectivity index (χ2n) is 4.67. The topological polar surface area (TPSA) is 21.7 Å². The highest BCUT2D eigenvalue weighted by atomic mass is 79.9. The minimum Gasteiger partial charge on any atom is -0.495 e. The molecule has 86 valence electrons. The minimum atomic E-state index is 0.459. The third-order valence-corrected chi connectivity index (χ3v) is 4.02. The summed E-state index contributed by atoms with van der Waals surface area (Å²) < 4.78 is 11.6. The first-order chi connectivity index (χ1) is 7.72. The van der Waals surface area contributed by atoms with E-state index in [0.29, 0.717) is 5.41 Å². The highest BCUT2D eigenvalue weighted by molar-refractivity contribution is 9.10. The first kappa shape index (κ1) is 10.4. The molecule has 2 heterocycles. The maximum Gasteiger partial charge on any atom is 0.135 e. The van der Waals surface area contributed by atoms with E-state index in [-0.39, 0.29) is 0 Å². The van der Waals surface area contributed by atoms with E-state index in [1.807, 2.05) is 6.07 Å². The van der Waals surface area contributed by atoms with Gasteiger partial charge in [0, 0.05) is 24.8 Å². The van der Waals surface area contributed by atoms with Crippen LogP contribution in [0.25, 0.3) is 0 Å². The third-order valence-electron chi connectivity index (χ3n) is 3.37. The van der Waals surface area contributed by atoms with Crippen molar-refractivity contribution in [2.75, 3.05) is 38.3 Å². The van der Waals surface area contributed by atoms with Crippen LogP contribution in [0.3, 0.4) is 0 Å². The molecule has 3 nitrogen and oxygen atoms in total. The van der Waals surface area contributed by atoms with Crippen LogP contribution in [0.5, 0.6) is 5.75 Å². The molecule has 0 saturated carbocycles. The van der Waals surface area contributed by atoms with Crippen molar-refractivity contribution < 1.29 is 9.47 Å².